The molecule has 2 aliphatic rings. The summed E-state index contributed by atoms with van der Waals surface area (Å²) in [5.74, 6) is -5.02. The van der Waals surface area contributed by atoms with E-state index in [1.807, 2.05) is 54.6 Å². The lowest BCUT2D eigenvalue weighted by molar-refractivity contribution is -0.327. The summed E-state index contributed by atoms with van der Waals surface area (Å²) in [6.45, 7) is 0.130. The fourth-order valence-corrected chi connectivity index (χ4v) is 5.93. The van der Waals surface area contributed by atoms with Gasteiger partial charge in [-0.2, -0.15) is 0 Å². The second-order valence-electron chi connectivity index (χ2n) is 10.7. The van der Waals surface area contributed by atoms with E-state index < -0.39 is 66.3 Å². The van der Waals surface area contributed by atoms with Crippen LogP contribution in [0.1, 0.15) is 23.5 Å². The van der Waals surface area contributed by atoms with Crippen LogP contribution in [-0.2, 0) is 39.8 Å². The molecule has 0 N–H and O–H groups in total. The fourth-order valence-electron chi connectivity index (χ4n) is 5.67. The van der Waals surface area contributed by atoms with E-state index in [4.69, 9.17) is 28.4 Å². The lowest BCUT2D eigenvalue weighted by Gasteiger charge is -2.50. The lowest BCUT2D eigenvalue weighted by atomic mass is 9.89. The van der Waals surface area contributed by atoms with Gasteiger partial charge in [-0.15, -0.1) is 5.10 Å². The molecule has 3 heterocycles. The van der Waals surface area contributed by atoms with Crippen LogP contribution < -0.4 is 0 Å². The topological polar surface area (TPSA) is 103 Å². The highest BCUT2D eigenvalue weighted by Gasteiger charge is 2.55. The largest absolute Gasteiger partial charge is 0.467 e. The SMILES string of the molecule is COC(=O)[C@@H](OCc1ccc(Br)cc1)[C@@H]1OC2COC(c3ccccc3)O[C@@H]2[C@H](n2cc(-c3cc(F)c(F)c(F)c3)nn2)C1OC. The Morgan fingerprint density at radius 1 is 1.04 bits per heavy atom. The van der Waals surface area contributed by atoms with Crippen molar-refractivity contribution in [3.8, 4) is 11.3 Å². The van der Waals surface area contributed by atoms with Crippen molar-refractivity contribution < 1.29 is 46.4 Å². The number of fused-ring (bicyclic) bond motifs is 1. The van der Waals surface area contributed by atoms with Gasteiger partial charge in [0.15, 0.2) is 29.8 Å². The van der Waals surface area contributed by atoms with Crippen LogP contribution in [0.2, 0.25) is 0 Å². The lowest BCUT2D eigenvalue weighted by Crippen LogP contribution is -2.63. The molecule has 3 aromatic carbocycles. The molecule has 0 spiro atoms. The molecule has 0 aliphatic carbocycles. The van der Waals surface area contributed by atoms with Crippen LogP contribution in [0, 0.1) is 17.5 Å². The van der Waals surface area contributed by atoms with Gasteiger partial charge in [-0.1, -0.05) is 63.6 Å². The van der Waals surface area contributed by atoms with Gasteiger partial charge in [-0.25, -0.2) is 22.6 Å². The number of hydrogen-bond acceptors (Lipinski definition) is 9. The molecule has 0 amide bonds. The molecule has 2 aliphatic heterocycles. The third kappa shape index (κ3) is 6.59. The molecule has 3 unspecified atom stereocenters. The van der Waals surface area contributed by atoms with Gasteiger partial charge in [0.1, 0.15) is 36.2 Å². The van der Waals surface area contributed by atoms with E-state index in [9.17, 15) is 18.0 Å². The summed E-state index contributed by atoms with van der Waals surface area (Å²) in [5, 5.41) is 8.36. The van der Waals surface area contributed by atoms with Crippen molar-refractivity contribution in [2.45, 2.75) is 49.5 Å². The number of aromatic nitrogens is 3. The fraction of sp³-hybridized carbons (Fsp3) is 0.344. The summed E-state index contributed by atoms with van der Waals surface area (Å²) in [6, 6.07) is 17.5. The van der Waals surface area contributed by atoms with Gasteiger partial charge in [-0.05, 0) is 29.8 Å². The van der Waals surface area contributed by atoms with Crippen molar-refractivity contribution in [3.63, 3.8) is 0 Å². The zero-order chi connectivity index (χ0) is 32.4. The van der Waals surface area contributed by atoms with Crippen LogP contribution in [0.4, 0.5) is 13.2 Å². The standard InChI is InChI=1S/C32H29BrF3N3O7/c1-41-28-26(39-14-23(37-38-39)19-12-21(34)25(36)22(35)13-19)27-24(16-44-32(46-27)18-6-4-3-5-7-18)45-29(28)30(31(40)42-2)43-15-17-8-10-20(33)11-9-17/h3-14,24,26-30,32H,15-16H2,1-2H3/t24?,26-,27-,28?,29+,30-,32?/m0/s1. The summed E-state index contributed by atoms with van der Waals surface area (Å²) < 4.78 is 80.3. The molecule has 0 radical (unpaired) electrons. The Morgan fingerprint density at radius 3 is 2.43 bits per heavy atom. The monoisotopic (exact) mass is 703 g/mol. The van der Waals surface area contributed by atoms with E-state index in [-0.39, 0.29) is 24.5 Å². The first kappa shape index (κ1) is 32.3. The normalized spacial score (nSPS) is 25.1. The van der Waals surface area contributed by atoms with Crippen LogP contribution in [0.25, 0.3) is 11.3 Å². The maximum Gasteiger partial charge on any atom is 0.337 e. The average molecular weight is 704 g/mol. The number of carbonyl (C=O) groups is 1. The van der Waals surface area contributed by atoms with Gasteiger partial charge < -0.3 is 28.4 Å². The van der Waals surface area contributed by atoms with Crippen LogP contribution in [0.5, 0.6) is 0 Å². The first-order valence-electron chi connectivity index (χ1n) is 14.3. The Hall–Kier alpha value is -3.66. The Morgan fingerprint density at radius 2 is 1.76 bits per heavy atom. The Kier molecular flexibility index (Phi) is 9.82. The summed E-state index contributed by atoms with van der Waals surface area (Å²) in [6.07, 6.45) is -4.07. The second-order valence-corrected chi connectivity index (χ2v) is 11.6. The van der Waals surface area contributed by atoms with E-state index in [0.717, 1.165) is 27.7 Å². The molecule has 1 aromatic heterocycles. The molecule has 4 aromatic rings. The molecule has 14 heteroatoms. The molecular formula is C32H29BrF3N3O7. The van der Waals surface area contributed by atoms with Crippen LogP contribution in [0.3, 0.4) is 0 Å². The van der Waals surface area contributed by atoms with Crippen molar-refractivity contribution in [3.05, 3.63) is 106 Å². The Labute approximate surface area is 270 Å². The van der Waals surface area contributed by atoms with Gasteiger partial charge in [0.05, 0.1) is 26.5 Å². The minimum absolute atomic E-state index is 0.0305. The van der Waals surface area contributed by atoms with E-state index >= 15 is 0 Å². The number of halogens is 4. The Bertz CT molecular complexity index is 1640. The number of ether oxygens (including phenoxy) is 6. The van der Waals surface area contributed by atoms with E-state index in [1.165, 1.54) is 25.1 Å². The number of methoxy groups -OCH3 is 2. The minimum Gasteiger partial charge on any atom is -0.467 e. The molecule has 10 nitrogen and oxygen atoms in total. The summed E-state index contributed by atoms with van der Waals surface area (Å²) in [4.78, 5) is 13.2. The molecule has 6 rings (SSSR count). The first-order chi connectivity index (χ1) is 22.3. The van der Waals surface area contributed by atoms with Crippen molar-refractivity contribution in [1.82, 2.24) is 15.0 Å². The molecule has 2 fully saturated rings. The van der Waals surface area contributed by atoms with Crippen LogP contribution in [-0.4, -0.2) is 72.3 Å². The van der Waals surface area contributed by atoms with Crippen LogP contribution in [0.15, 0.2) is 77.4 Å². The molecule has 2 saturated heterocycles. The number of hydrogen-bond donors (Lipinski definition) is 0. The molecule has 46 heavy (non-hydrogen) atoms. The smallest absolute Gasteiger partial charge is 0.337 e. The van der Waals surface area contributed by atoms with Crippen molar-refractivity contribution >= 4 is 21.9 Å². The molecule has 242 valence electrons. The maximum atomic E-state index is 14.1. The predicted octanol–water partition coefficient (Wildman–Crippen LogP) is 5.32. The molecule has 7 atom stereocenters. The van der Waals surface area contributed by atoms with Crippen molar-refractivity contribution in [1.29, 1.82) is 0 Å². The predicted molar refractivity (Wildman–Crippen MR) is 159 cm³/mol. The van der Waals surface area contributed by atoms with Gasteiger partial charge in [0.2, 0.25) is 0 Å². The second kappa shape index (κ2) is 14.0. The van der Waals surface area contributed by atoms with Crippen molar-refractivity contribution in [2.75, 3.05) is 20.8 Å². The Balaban J connectivity index is 1.37. The zero-order valence-electron chi connectivity index (χ0n) is 24.6. The number of rotatable bonds is 9. The third-order valence-electron chi connectivity index (χ3n) is 7.90. The highest BCUT2D eigenvalue weighted by Crippen LogP contribution is 2.42. The van der Waals surface area contributed by atoms with E-state index in [2.05, 4.69) is 26.2 Å². The number of nitrogens with zero attached hydrogens (tertiary/aromatic N) is 3. The average Bonchev–Trinajstić information content (AvgIpc) is 3.57. The first-order valence-corrected chi connectivity index (χ1v) is 15.1. The minimum atomic E-state index is -1.59. The summed E-state index contributed by atoms with van der Waals surface area (Å²) in [5.41, 5.74) is 1.59. The van der Waals surface area contributed by atoms with Gasteiger partial charge in [-0.3, -0.25) is 0 Å². The molecular weight excluding hydrogens is 675 g/mol. The quantitative estimate of drug-likeness (QED) is 0.169. The zero-order valence-corrected chi connectivity index (χ0v) is 26.2. The highest BCUT2D eigenvalue weighted by atomic mass is 79.9. The highest BCUT2D eigenvalue weighted by molar-refractivity contribution is 9.10. The number of carbonyl (C=O) groups excluding carboxylic acids is 1. The molecule has 0 bridgehead atoms. The van der Waals surface area contributed by atoms with E-state index in [1.54, 1.807) is 0 Å². The summed E-state index contributed by atoms with van der Waals surface area (Å²) >= 11 is 3.40. The number of esters is 1. The number of benzene rings is 3. The molecule has 0 saturated carbocycles. The van der Waals surface area contributed by atoms with E-state index in [0.29, 0.717) is 0 Å². The maximum absolute atomic E-state index is 14.1. The van der Waals surface area contributed by atoms with Crippen molar-refractivity contribution in [2.24, 2.45) is 0 Å². The van der Waals surface area contributed by atoms with Gasteiger partial charge >= 0.3 is 5.97 Å². The summed E-state index contributed by atoms with van der Waals surface area (Å²) in [7, 11) is 2.68. The van der Waals surface area contributed by atoms with Crippen LogP contribution >= 0.6 is 15.9 Å². The third-order valence-corrected chi connectivity index (χ3v) is 8.43. The van der Waals surface area contributed by atoms with Gasteiger partial charge in [0.25, 0.3) is 0 Å². The van der Waals surface area contributed by atoms with Gasteiger partial charge in [0, 0.05) is 22.7 Å².